The van der Waals surface area contributed by atoms with Crippen LogP contribution in [0.1, 0.15) is 50.4 Å². The largest absolute Gasteiger partial charge is 0.367 e. The van der Waals surface area contributed by atoms with Gasteiger partial charge in [-0.3, -0.25) is 5.10 Å². The van der Waals surface area contributed by atoms with Crippen molar-refractivity contribution >= 4 is 5.95 Å². The summed E-state index contributed by atoms with van der Waals surface area (Å²) in [5.41, 5.74) is 11.9. The summed E-state index contributed by atoms with van der Waals surface area (Å²) in [7, 11) is 0. The summed E-state index contributed by atoms with van der Waals surface area (Å²) in [4.78, 5) is 4.18. The molecule has 0 saturated heterocycles. The van der Waals surface area contributed by atoms with Crippen LogP contribution < -0.4 is 11.5 Å². The lowest BCUT2D eigenvalue weighted by Crippen LogP contribution is -2.45. The molecule has 5 nitrogen and oxygen atoms in total. The third kappa shape index (κ3) is 1.95. The van der Waals surface area contributed by atoms with Crippen LogP contribution in [0, 0.1) is 29.6 Å². The monoisotopic (exact) mass is 261 g/mol. The average Bonchev–Trinajstić information content (AvgIpc) is 2.79. The number of H-pyrrole nitrogens is 1. The topological polar surface area (TPSA) is 93.6 Å². The first kappa shape index (κ1) is 11.7. The predicted octanol–water partition coefficient (Wildman–Crippen LogP) is 1.85. The Morgan fingerprint density at radius 1 is 1.11 bits per heavy atom. The Labute approximate surface area is 113 Å². The standard InChI is InChI=1S/C14H23N5/c15-12(13-17-14(16)19-18-13)6-11-9-2-7-1-8(4-9)5-10(11)3-7/h7-12H,1-6,15H2,(H3,16,17,18,19). The summed E-state index contributed by atoms with van der Waals surface area (Å²) in [6.45, 7) is 0. The van der Waals surface area contributed by atoms with Gasteiger partial charge in [0.05, 0.1) is 6.04 Å². The van der Waals surface area contributed by atoms with Crippen LogP contribution in [0.25, 0.3) is 0 Å². The van der Waals surface area contributed by atoms with Gasteiger partial charge in [-0.15, -0.1) is 5.10 Å². The number of nitrogens with zero attached hydrogens (tertiary/aromatic N) is 2. The maximum absolute atomic E-state index is 6.30. The summed E-state index contributed by atoms with van der Waals surface area (Å²) < 4.78 is 0. The van der Waals surface area contributed by atoms with Gasteiger partial charge in [0.1, 0.15) is 5.82 Å². The van der Waals surface area contributed by atoms with Crippen LogP contribution in [0.4, 0.5) is 5.95 Å². The first-order valence-corrected chi connectivity index (χ1v) is 7.62. The Morgan fingerprint density at radius 3 is 2.26 bits per heavy atom. The average molecular weight is 261 g/mol. The number of nitrogen functional groups attached to an aromatic ring is 1. The molecule has 1 aromatic rings. The molecule has 1 aromatic heterocycles. The first-order valence-electron chi connectivity index (χ1n) is 7.62. The molecule has 4 saturated carbocycles. The van der Waals surface area contributed by atoms with Crippen molar-refractivity contribution in [2.75, 3.05) is 5.73 Å². The zero-order chi connectivity index (χ0) is 13.0. The van der Waals surface area contributed by atoms with Gasteiger partial charge in [0, 0.05) is 0 Å². The van der Waals surface area contributed by atoms with Gasteiger partial charge >= 0.3 is 0 Å². The van der Waals surface area contributed by atoms with Gasteiger partial charge in [-0.05, 0) is 68.1 Å². The lowest BCUT2D eigenvalue weighted by molar-refractivity contribution is -0.0423. The summed E-state index contributed by atoms with van der Waals surface area (Å²) in [5.74, 6) is 5.74. The van der Waals surface area contributed by atoms with Crippen molar-refractivity contribution in [1.29, 1.82) is 0 Å². The number of aromatic amines is 1. The van der Waals surface area contributed by atoms with E-state index in [1.165, 1.54) is 32.1 Å². The SMILES string of the molecule is Nc1n[nH]c(C(N)CC2C3CC4CC(C3)CC2C4)n1. The van der Waals surface area contributed by atoms with Gasteiger partial charge < -0.3 is 11.5 Å². The van der Waals surface area contributed by atoms with Crippen molar-refractivity contribution in [2.24, 2.45) is 35.3 Å². The normalized spacial score (nSPS) is 41.6. The molecular formula is C14H23N5. The van der Waals surface area contributed by atoms with E-state index >= 15 is 0 Å². The van der Waals surface area contributed by atoms with E-state index in [1.54, 1.807) is 0 Å². The van der Waals surface area contributed by atoms with Crippen LogP contribution in [0.2, 0.25) is 0 Å². The Kier molecular flexibility index (Phi) is 2.59. The fraction of sp³-hybridized carbons (Fsp3) is 0.857. The number of aromatic nitrogens is 3. The highest BCUT2D eigenvalue weighted by molar-refractivity contribution is 5.14. The molecular weight excluding hydrogens is 238 g/mol. The minimum absolute atomic E-state index is 0.0349. The summed E-state index contributed by atoms with van der Waals surface area (Å²) >= 11 is 0. The maximum atomic E-state index is 6.30. The summed E-state index contributed by atoms with van der Waals surface area (Å²) in [6, 6.07) is -0.0349. The first-order chi connectivity index (χ1) is 9.19. The van der Waals surface area contributed by atoms with Crippen LogP contribution in [0.3, 0.4) is 0 Å². The Balaban J connectivity index is 1.48. The second kappa shape index (κ2) is 4.20. The Morgan fingerprint density at radius 2 is 1.74 bits per heavy atom. The van der Waals surface area contributed by atoms with Crippen LogP contribution in [-0.4, -0.2) is 15.2 Å². The summed E-state index contributed by atoms with van der Waals surface area (Å²) in [6.07, 6.45) is 8.34. The van der Waals surface area contributed by atoms with Gasteiger partial charge in [0.15, 0.2) is 0 Å². The molecule has 1 atom stereocenters. The molecule has 0 spiro atoms. The third-order valence-electron chi connectivity index (χ3n) is 5.82. The van der Waals surface area contributed by atoms with E-state index in [9.17, 15) is 0 Å². The number of hydrogen-bond donors (Lipinski definition) is 3. The molecule has 4 aliphatic rings. The molecule has 0 aromatic carbocycles. The van der Waals surface area contributed by atoms with Crippen molar-refractivity contribution in [2.45, 2.75) is 44.6 Å². The highest BCUT2D eigenvalue weighted by Gasteiger charge is 2.48. The molecule has 5 N–H and O–H groups in total. The van der Waals surface area contributed by atoms with E-state index in [4.69, 9.17) is 11.5 Å². The van der Waals surface area contributed by atoms with E-state index in [-0.39, 0.29) is 6.04 Å². The fourth-order valence-corrected chi connectivity index (χ4v) is 5.28. The van der Waals surface area contributed by atoms with Gasteiger partial charge in [-0.25, -0.2) is 0 Å². The van der Waals surface area contributed by atoms with Crippen LogP contribution in [-0.2, 0) is 0 Å². The third-order valence-corrected chi connectivity index (χ3v) is 5.82. The van der Waals surface area contributed by atoms with E-state index in [2.05, 4.69) is 15.2 Å². The van der Waals surface area contributed by atoms with E-state index < -0.39 is 0 Å². The molecule has 1 unspecified atom stereocenters. The number of nitrogens with one attached hydrogen (secondary N) is 1. The highest BCUT2D eigenvalue weighted by atomic mass is 15.3. The second-order valence-electron chi connectivity index (χ2n) is 7.02. The van der Waals surface area contributed by atoms with Gasteiger partial charge in [-0.1, -0.05) is 0 Å². The van der Waals surface area contributed by atoms with Crippen molar-refractivity contribution in [3.8, 4) is 0 Å². The van der Waals surface area contributed by atoms with Gasteiger partial charge in [0.25, 0.3) is 0 Å². The number of nitrogens with two attached hydrogens (primary N) is 2. The van der Waals surface area contributed by atoms with E-state index in [1.807, 2.05) is 0 Å². The molecule has 4 fully saturated rings. The molecule has 5 rings (SSSR count). The van der Waals surface area contributed by atoms with Gasteiger partial charge in [-0.2, -0.15) is 4.98 Å². The van der Waals surface area contributed by atoms with Crippen LogP contribution in [0.15, 0.2) is 0 Å². The Bertz CT molecular complexity index is 440. The zero-order valence-corrected chi connectivity index (χ0v) is 11.3. The fourth-order valence-electron chi connectivity index (χ4n) is 5.28. The van der Waals surface area contributed by atoms with E-state index in [0.29, 0.717) is 5.95 Å². The van der Waals surface area contributed by atoms with Crippen molar-refractivity contribution in [3.63, 3.8) is 0 Å². The molecule has 4 bridgehead atoms. The Hall–Kier alpha value is -1.10. The van der Waals surface area contributed by atoms with Gasteiger partial charge in [0.2, 0.25) is 5.95 Å². The van der Waals surface area contributed by atoms with Crippen molar-refractivity contribution in [3.05, 3.63) is 5.82 Å². The number of hydrogen-bond acceptors (Lipinski definition) is 4. The molecule has 19 heavy (non-hydrogen) atoms. The molecule has 0 radical (unpaired) electrons. The molecule has 5 heteroatoms. The zero-order valence-electron chi connectivity index (χ0n) is 11.3. The molecule has 4 aliphatic carbocycles. The summed E-state index contributed by atoms with van der Waals surface area (Å²) in [5, 5.41) is 6.75. The van der Waals surface area contributed by atoms with Crippen LogP contribution in [0.5, 0.6) is 0 Å². The smallest absolute Gasteiger partial charge is 0.239 e. The predicted molar refractivity (Wildman–Crippen MR) is 72.9 cm³/mol. The highest BCUT2D eigenvalue weighted by Crippen LogP contribution is 2.57. The van der Waals surface area contributed by atoms with E-state index in [0.717, 1.165) is 41.8 Å². The molecule has 1 heterocycles. The number of rotatable bonds is 3. The lowest BCUT2D eigenvalue weighted by atomic mass is 9.51. The van der Waals surface area contributed by atoms with Crippen molar-refractivity contribution < 1.29 is 0 Å². The molecule has 0 amide bonds. The lowest BCUT2D eigenvalue weighted by Gasteiger charge is -2.55. The molecule has 104 valence electrons. The molecule has 0 aliphatic heterocycles. The van der Waals surface area contributed by atoms with Crippen LogP contribution >= 0.6 is 0 Å². The minimum atomic E-state index is -0.0349. The quantitative estimate of drug-likeness (QED) is 0.774. The number of anilines is 1. The second-order valence-corrected chi connectivity index (χ2v) is 7.02. The maximum Gasteiger partial charge on any atom is 0.239 e. The van der Waals surface area contributed by atoms with Crippen molar-refractivity contribution in [1.82, 2.24) is 15.2 Å². The minimum Gasteiger partial charge on any atom is -0.367 e.